The van der Waals surface area contributed by atoms with Crippen LogP contribution in [-0.4, -0.2) is 27.7 Å². The van der Waals surface area contributed by atoms with E-state index in [1.807, 2.05) is 19.2 Å². The fraction of sp³-hybridized carbons (Fsp3) is 0.105. The monoisotopic (exact) mass is 363 g/mol. The number of hydrogen-bond acceptors (Lipinski definition) is 7. The third kappa shape index (κ3) is 4.06. The topological polar surface area (TPSA) is 101 Å². The molecule has 0 aliphatic rings. The summed E-state index contributed by atoms with van der Waals surface area (Å²) in [7, 11) is 1.81. The maximum atomic E-state index is 11.6. The van der Waals surface area contributed by atoms with E-state index in [0.29, 0.717) is 17.1 Å². The molecule has 1 N–H and O–H groups in total. The molecule has 0 radical (unpaired) electrons. The molecule has 3 aromatic rings. The number of nitro groups is 1. The predicted octanol–water partition coefficient (Wildman–Crippen LogP) is 4.10. The smallest absolute Gasteiger partial charge is 0.311 e. The summed E-state index contributed by atoms with van der Waals surface area (Å²) in [6.45, 7) is 1.46. The van der Waals surface area contributed by atoms with Crippen LogP contribution in [0.5, 0.6) is 0 Å². The van der Waals surface area contributed by atoms with Crippen LogP contribution in [0.1, 0.15) is 17.3 Å². The standard InChI is InChI=1S/C19H17N5O3/c1-13(25)14-4-3-5-15(12-14)21-19-17(24(26)27)6-7-18(22-19)23(2)16-8-10-20-11-9-16/h3-12H,1-2H3,(H,21,22). The molecule has 3 rings (SSSR count). The number of Topliss-reactive ketones (excluding diaryl/α,β-unsaturated/α-hetero) is 1. The second kappa shape index (κ2) is 7.61. The fourth-order valence-electron chi connectivity index (χ4n) is 2.52. The van der Waals surface area contributed by atoms with Crippen molar-refractivity contribution in [3.63, 3.8) is 0 Å². The Labute approximate surface area is 155 Å². The predicted molar refractivity (Wildman–Crippen MR) is 103 cm³/mol. The van der Waals surface area contributed by atoms with Crippen LogP contribution in [0.25, 0.3) is 0 Å². The molecule has 0 fully saturated rings. The third-order valence-electron chi connectivity index (χ3n) is 3.98. The van der Waals surface area contributed by atoms with Gasteiger partial charge in [0.15, 0.2) is 5.78 Å². The van der Waals surface area contributed by atoms with Crippen LogP contribution in [0.15, 0.2) is 60.9 Å². The molecular formula is C19H17N5O3. The fourth-order valence-corrected chi connectivity index (χ4v) is 2.52. The van der Waals surface area contributed by atoms with Crippen molar-refractivity contribution >= 4 is 34.5 Å². The van der Waals surface area contributed by atoms with Crippen LogP contribution >= 0.6 is 0 Å². The molecule has 8 heteroatoms. The van der Waals surface area contributed by atoms with Crippen LogP contribution in [0.3, 0.4) is 0 Å². The van der Waals surface area contributed by atoms with E-state index in [1.54, 1.807) is 47.6 Å². The first-order valence-corrected chi connectivity index (χ1v) is 8.13. The van der Waals surface area contributed by atoms with Crippen molar-refractivity contribution in [1.29, 1.82) is 0 Å². The number of rotatable bonds is 6. The minimum absolute atomic E-state index is 0.0905. The molecule has 0 spiro atoms. The second-order valence-electron chi connectivity index (χ2n) is 5.82. The molecule has 0 aliphatic carbocycles. The highest BCUT2D eigenvalue weighted by atomic mass is 16.6. The molecule has 136 valence electrons. The van der Waals surface area contributed by atoms with E-state index in [9.17, 15) is 14.9 Å². The molecule has 2 heterocycles. The summed E-state index contributed by atoms with van der Waals surface area (Å²) in [5.41, 5.74) is 1.74. The molecule has 0 saturated heterocycles. The van der Waals surface area contributed by atoms with Gasteiger partial charge in [0.2, 0.25) is 5.82 Å². The van der Waals surface area contributed by atoms with Crippen molar-refractivity contribution < 1.29 is 9.72 Å². The Bertz CT molecular complexity index is 992. The molecule has 8 nitrogen and oxygen atoms in total. The van der Waals surface area contributed by atoms with E-state index in [2.05, 4.69) is 15.3 Å². The Morgan fingerprint density at radius 1 is 1.15 bits per heavy atom. The van der Waals surface area contributed by atoms with Gasteiger partial charge in [-0.15, -0.1) is 0 Å². The largest absolute Gasteiger partial charge is 0.334 e. The van der Waals surface area contributed by atoms with Crippen molar-refractivity contribution in [3.05, 3.63) is 76.6 Å². The quantitative estimate of drug-likeness (QED) is 0.400. The number of nitrogens with one attached hydrogen (secondary N) is 1. The van der Waals surface area contributed by atoms with Crippen LogP contribution in [0, 0.1) is 10.1 Å². The van der Waals surface area contributed by atoms with E-state index in [1.165, 1.54) is 13.0 Å². The molecule has 0 atom stereocenters. The van der Waals surface area contributed by atoms with E-state index in [4.69, 9.17) is 0 Å². The van der Waals surface area contributed by atoms with Gasteiger partial charge < -0.3 is 10.2 Å². The lowest BCUT2D eigenvalue weighted by atomic mass is 10.1. The number of carbonyl (C=O) groups excluding carboxylic acids is 1. The summed E-state index contributed by atoms with van der Waals surface area (Å²) < 4.78 is 0. The number of anilines is 4. The molecule has 27 heavy (non-hydrogen) atoms. The Morgan fingerprint density at radius 3 is 2.56 bits per heavy atom. The van der Waals surface area contributed by atoms with Gasteiger partial charge in [0.1, 0.15) is 5.82 Å². The second-order valence-corrected chi connectivity index (χ2v) is 5.82. The zero-order chi connectivity index (χ0) is 19.4. The highest BCUT2D eigenvalue weighted by Gasteiger charge is 2.18. The van der Waals surface area contributed by atoms with Gasteiger partial charge in [-0.05, 0) is 37.3 Å². The minimum Gasteiger partial charge on any atom is -0.334 e. The summed E-state index contributed by atoms with van der Waals surface area (Å²) in [5, 5.41) is 14.3. The average Bonchev–Trinajstić information content (AvgIpc) is 2.68. The lowest BCUT2D eigenvalue weighted by Gasteiger charge is -2.19. The van der Waals surface area contributed by atoms with Gasteiger partial charge in [0, 0.05) is 42.4 Å². The molecular weight excluding hydrogens is 346 g/mol. The lowest BCUT2D eigenvalue weighted by Crippen LogP contribution is -2.12. The molecule has 0 aliphatic heterocycles. The average molecular weight is 363 g/mol. The van der Waals surface area contributed by atoms with Gasteiger partial charge in [0.25, 0.3) is 0 Å². The Hall–Kier alpha value is -3.81. The number of nitrogens with zero attached hydrogens (tertiary/aromatic N) is 4. The Kier molecular flexibility index (Phi) is 5.07. The van der Waals surface area contributed by atoms with Gasteiger partial charge in [-0.3, -0.25) is 19.9 Å². The molecule has 0 unspecified atom stereocenters. The van der Waals surface area contributed by atoms with Crippen molar-refractivity contribution in [2.75, 3.05) is 17.3 Å². The lowest BCUT2D eigenvalue weighted by molar-refractivity contribution is -0.384. The maximum absolute atomic E-state index is 11.6. The van der Waals surface area contributed by atoms with Crippen LogP contribution in [0.4, 0.5) is 28.7 Å². The van der Waals surface area contributed by atoms with Gasteiger partial charge >= 0.3 is 5.69 Å². The van der Waals surface area contributed by atoms with E-state index in [0.717, 1.165) is 5.69 Å². The van der Waals surface area contributed by atoms with E-state index < -0.39 is 4.92 Å². The van der Waals surface area contributed by atoms with E-state index >= 15 is 0 Å². The van der Waals surface area contributed by atoms with Crippen LogP contribution in [-0.2, 0) is 0 Å². The zero-order valence-electron chi connectivity index (χ0n) is 14.8. The van der Waals surface area contributed by atoms with E-state index in [-0.39, 0.29) is 17.3 Å². The first kappa shape index (κ1) is 18.0. The molecule has 0 amide bonds. The van der Waals surface area contributed by atoms with Gasteiger partial charge in [-0.2, -0.15) is 0 Å². The number of pyridine rings is 2. The number of aromatic nitrogens is 2. The van der Waals surface area contributed by atoms with Gasteiger partial charge in [-0.1, -0.05) is 12.1 Å². The first-order valence-electron chi connectivity index (χ1n) is 8.13. The van der Waals surface area contributed by atoms with Crippen molar-refractivity contribution in [3.8, 4) is 0 Å². The van der Waals surface area contributed by atoms with Gasteiger partial charge in [0.05, 0.1) is 4.92 Å². The number of benzene rings is 1. The minimum atomic E-state index is -0.500. The molecule has 2 aromatic heterocycles. The maximum Gasteiger partial charge on any atom is 0.311 e. The number of hydrogen-bond donors (Lipinski definition) is 1. The number of carbonyl (C=O) groups is 1. The van der Waals surface area contributed by atoms with Crippen molar-refractivity contribution in [2.45, 2.75) is 6.92 Å². The van der Waals surface area contributed by atoms with Crippen molar-refractivity contribution in [2.24, 2.45) is 0 Å². The molecule has 0 saturated carbocycles. The van der Waals surface area contributed by atoms with Gasteiger partial charge in [-0.25, -0.2) is 4.98 Å². The summed E-state index contributed by atoms with van der Waals surface area (Å²) >= 11 is 0. The summed E-state index contributed by atoms with van der Waals surface area (Å²) in [6, 6.07) is 13.3. The third-order valence-corrected chi connectivity index (χ3v) is 3.98. The summed E-state index contributed by atoms with van der Waals surface area (Å²) in [6.07, 6.45) is 3.31. The molecule has 1 aromatic carbocycles. The highest BCUT2D eigenvalue weighted by Crippen LogP contribution is 2.30. The van der Waals surface area contributed by atoms with Crippen LogP contribution in [0.2, 0.25) is 0 Å². The summed E-state index contributed by atoms with van der Waals surface area (Å²) in [4.78, 5) is 32.6. The normalized spacial score (nSPS) is 10.3. The highest BCUT2D eigenvalue weighted by molar-refractivity contribution is 5.95. The van der Waals surface area contributed by atoms with Crippen LogP contribution < -0.4 is 10.2 Å². The SMILES string of the molecule is CC(=O)c1cccc(Nc2nc(N(C)c3ccncc3)ccc2[N+](=O)[O-])c1. The molecule has 0 bridgehead atoms. The Balaban J connectivity index is 1.99. The zero-order valence-corrected chi connectivity index (χ0v) is 14.8. The van der Waals surface area contributed by atoms with Crippen molar-refractivity contribution in [1.82, 2.24) is 9.97 Å². The first-order chi connectivity index (χ1) is 13.0. The number of ketones is 1. The Morgan fingerprint density at radius 2 is 1.89 bits per heavy atom. The summed E-state index contributed by atoms with van der Waals surface area (Å²) in [5.74, 6) is 0.531.